The minimum absolute atomic E-state index is 0.0743. The Bertz CT molecular complexity index is 616. The first-order valence-electron chi connectivity index (χ1n) is 6.02. The van der Waals surface area contributed by atoms with Crippen LogP contribution in [-0.2, 0) is 0 Å². The number of methoxy groups -OCH3 is 1. The van der Waals surface area contributed by atoms with Gasteiger partial charge in [0, 0.05) is 11.6 Å². The highest BCUT2D eigenvalue weighted by atomic mass is 19.1. The van der Waals surface area contributed by atoms with Gasteiger partial charge >= 0.3 is 0 Å². The maximum atomic E-state index is 13.8. The highest BCUT2D eigenvalue weighted by Crippen LogP contribution is 2.28. The van der Waals surface area contributed by atoms with Gasteiger partial charge in [-0.05, 0) is 30.8 Å². The Morgan fingerprint density at radius 2 is 1.75 bits per heavy atom. The van der Waals surface area contributed by atoms with E-state index in [1.807, 2.05) is 0 Å². The van der Waals surface area contributed by atoms with E-state index < -0.39 is 23.5 Å². The molecule has 0 saturated carbocycles. The SMILES string of the molecule is CNC(c1ccc(F)c(OC)c1)c1ccc(F)cc1F. The second kappa shape index (κ2) is 5.96. The molecule has 2 aromatic carbocycles. The second-order valence-corrected chi connectivity index (χ2v) is 4.28. The molecule has 0 bridgehead atoms. The first-order chi connectivity index (χ1) is 9.56. The van der Waals surface area contributed by atoms with Crippen LogP contribution in [0.3, 0.4) is 0 Å². The maximum absolute atomic E-state index is 13.8. The summed E-state index contributed by atoms with van der Waals surface area (Å²) in [5.74, 6) is -1.72. The standard InChI is InChI=1S/C15H14F3NO/c1-19-15(11-5-4-10(16)8-13(11)18)9-3-6-12(17)14(7-9)20-2/h3-8,15,19H,1-2H3. The van der Waals surface area contributed by atoms with Crippen molar-refractivity contribution in [3.8, 4) is 5.75 Å². The van der Waals surface area contributed by atoms with Crippen molar-refractivity contribution >= 4 is 0 Å². The van der Waals surface area contributed by atoms with Crippen LogP contribution in [0.15, 0.2) is 36.4 Å². The van der Waals surface area contributed by atoms with Gasteiger partial charge < -0.3 is 10.1 Å². The van der Waals surface area contributed by atoms with Crippen molar-refractivity contribution in [2.75, 3.05) is 14.2 Å². The minimum Gasteiger partial charge on any atom is -0.494 e. The monoisotopic (exact) mass is 281 g/mol. The van der Waals surface area contributed by atoms with Gasteiger partial charge in [0.25, 0.3) is 0 Å². The molecular weight excluding hydrogens is 267 g/mol. The lowest BCUT2D eigenvalue weighted by Crippen LogP contribution is -2.19. The van der Waals surface area contributed by atoms with Gasteiger partial charge in [0.15, 0.2) is 11.6 Å². The number of ether oxygens (including phenoxy) is 1. The van der Waals surface area contributed by atoms with E-state index in [9.17, 15) is 13.2 Å². The Kier molecular flexibility index (Phi) is 4.29. The predicted octanol–water partition coefficient (Wildman–Crippen LogP) is 3.42. The lowest BCUT2D eigenvalue weighted by atomic mass is 9.98. The quantitative estimate of drug-likeness (QED) is 0.927. The van der Waals surface area contributed by atoms with E-state index in [4.69, 9.17) is 4.74 Å². The summed E-state index contributed by atoms with van der Waals surface area (Å²) in [4.78, 5) is 0. The molecule has 2 aromatic rings. The fourth-order valence-electron chi connectivity index (χ4n) is 2.09. The highest BCUT2D eigenvalue weighted by Gasteiger charge is 2.18. The van der Waals surface area contributed by atoms with Gasteiger partial charge in [-0.1, -0.05) is 12.1 Å². The molecule has 0 aliphatic heterocycles. The summed E-state index contributed by atoms with van der Waals surface area (Å²) in [6.07, 6.45) is 0. The van der Waals surface area contributed by atoms with Crippen molar-refractivity contribution in [2.24, 2.45) is 0 Å². The molecule has 1 unspecified atom stereocenters. The maximum Gasteiger partial charge on any atom is 0.165 e. The van der Waals surface area contributed by atoms with Crippen molar-refractivity contribution in [1.82, 2.24) is 5.32 Å². The summed E-state index contributed by atoms with van der Waals surface area (Å²) in [7, 11) is 3.00. The van der Waals surface area contributed by atoms with Crippen LogP contribution in [0, 0.1) is 17.5 Å². The Morgan fingerprint density at radius 1 is 1.00 bits per heavy atom. The van der Waals surface area contributed by atoms with E-state index in [0.717, 1.165) is 6.07 Å². The van der Waals surface area contributed by atoms with E-state index >= 15 is 0 Å². The van der Waals surface area contributed by atoms with E-state index in [0.29, 0.717) is 5.56 Å². The van der Waals surface area contributed by atoms with E-state index in [2.05, 4.69) is 5.32 Å². The smallest absolute Gasteiger partial charge is 0.165 e. The molecule has 0 aliphatic rings. The summed E-state index contributed by atoms with van der Waals surface area (Å²) in [6, 6.07) is 7.11. The van der Waals surface area contributed by atoms with Gasteiger partial charge in [-0.25, -0.2) is 13.2 Å². The summed E-state index contributed by atoms with van der Waals surface area (Å²) < 4.78 is 45.1. The predicted molar refractivity (Wildman–Crippen MR) is 70.2 cm³/mol. The molecule has 2 nitrogen and oxygen atoms in total. The van der Waals surface area contributed by atoms with Gasteiger partial charge in [0.1, 0.15) is 11.6 Å². The topological polar surface area (TPSA) is 21.3 Å². The van der Waals surface area contributed by atoms with Crippen LogP contribution < -0.4 is 10.1 Å². The van der Waals surface area contributed by atoms with Gasteiger partial charge in [-0.3, -0.25) is 0 Å². The summed E-state index contributed by atoms with van der Waals surface area (Å²) >= 11 is 0. The molecule has 1 atom stereocenters. The fourth-order valence-corrected chi connectivity index (χ4v) is 2.09. The molecule has 2 rings (SSSR count). The molecule has 0 amide bonds. The van der Waals surface area contributed by atoms with Gasteiger partial charge in [0.2, 0.25) is 0 Å². The number of nitrogens with one attached hydrogen (secondary N) is 1. The molecule has 106 valence electrons. The molecule has 5 heteroatoms. The van der Waals surface area contributed by atoms with E-state index in [1.165, 1.54) is 37.4 Å². The minimum atomic E-state index is -0.660. The first kappa shape index (κ1) is 14.4. The number of rotatable bonds is 4. The van der Waals surface area contributed by atoms with E-state index in [1.54, 1.807) is 7.05 Å². The van der Waals surface area contributed by atoms with Crippen molar-refractivity contribution in [3.05, 3.63) is 65.0 Å². The van der Waals surface area contributed by atoms with Gasteiger partial charge in [0.05, 0.1) is 13.2 Å². The van der Waals surface area contributed by atoms with Crippen LogP contribution in [-0.4, -0.2) is 14.2 Å². The first-order valence-corrected chi connectivity index (χ1v) is 6.02. The van der Waals surface area contributed by atoms with Crippen LogP contribution in [0.25, 0.3) is 0 Å². The average Bonchev–Trinajstić information content (AvgIpc) is 2.43. The lowest BCUT2D eigenvalue weighted by Gasteiger charge is -2.18. The van der Waals surface area contributed by atoms with Crippen molar-refractivity contribution in [1.29, 1.82) is 0 Å². The Morgan fingerprint density at radius 3 is 2.35 bits per heavy atom. The Balaban J connectivity index is 2.46. The third kappa shape index (κ3) is 2.77. The van der Waals surface area contributed by atoms with Crippen molar-refractivity contribution in [2.45, 2.75) is 6.04 Å². The largest absolute Gasteiger partial charge is 0.494 e. The molecule has 0 heterocycles. The number of hydrogen-bond donors (Lipinski definition) is 1. The summed E-state index contributed by atoms with van der Waals surface area (Å²) in [6.45, 7) is 0. The molecule has 0 aromatic heterocycles. The van der Waals surface area contributed by atoms with Crippen molar-refractivity contribution < 1.29 is 17.9 Å². The van der Waals surface area contributed by atoms with Crippen molar-refractivity contribution in [3.63, 3.8) is 0 Å². The normalized spacial score (nSPS) is 12.2. The van der Waals surface area contributed by atoms with Crippen LogP contribution in [0.4, 0.5) is 13.2 Å². The Hall–Kier alpha value is -2.01. The third-order valence-corrected chi connectivity index (χ3v) is 3.07. The van der Waals surface area contributed by atoms with E-state index in [-0.39, 0.29) is 11.3 Å². The van der Waals surface area contributed by atoms with Gasteiger partial charge in [-0.2, -0.15) is 0 Å². The zero-order valence-electron chi connectivity index (χ0n) is 11.1. The second-order valence-electron chi connectivity index (χ2n) is 4.28. The zero-order chi connectivity index (χ0) is 14.7. The molecule has 0 radical (unpaired) electrons. The molecule has 0 aliphatic carbocycles. The molecular formula is C15H14F3NO. The summed E-state index contributed by atoms with van der Waals surface area (Å²) in [5.41, 5.74) is 0.902. The fraction of sp³-hybridized carbons (Fsp3) is 0.200. The zero-order valence-corrected chi connectivity index (χ0v) is 11.1. The highest BCUT2D eigenvalue weighted by molar-refractivity contribution is 5.38. The average molecular weight is 281 g/mol. The molecule has 20 heavy (non-hydrogen) atoms. The number of halogens is 3. The lowest BCUT2D eigenvalue weighted by molar-refractivity contribution is 0.385. The third-order valence-electron chi connectivity index (χ3n) is 3.07. The summed E-state index contributed by atoms with van der Waals surface area (Å²) in [5, 5.41) is 2.93. The molecule has 0 spiro atoms. The van der Waals surface area contributed by atoms with Crippen LogP contribution in [0.5, 0.6) is 5.75 Å². The molecule has 0 fully saturated rings. The molecule has 0 saturated heterocycles. The van der Waals surface area contributed by atoms with Crippen LogP contribution in [0.1, 0.15) is 17.2 Å². The van der Waals surface area contributed by atoms with Crippen LogP contribution >= 0.6 is 0 Å². The number of benzene rings is 2. The van der Waals surface area contributed by atoms with Crippen LogP contribution in [0.2, 0.25) is 0 Å². The Labute approximate surface area is 115 Å². The molecule has 1 N–H and O–H groups in total. The number of hydrogen-bond acceptors (Lipinski definition) is 2. The van der Waals surface area contributed by atoms with Gasteiger partial charge in [-0.15, -0.1) is 0 Å².